The van der Waals surface area contributed by atoms with E-state index >= 15 is 0 Å². The van der Waals surface area contributed by atoms with Crippen LogP contribution in [-0.4, -0.2) is 22.3 Å². The van der Waals surface area contributed by atoms with Gasteiger partial charge in [0.15, 0.2) is 11.5 Å². The molecule has 0 saturated carbocycles. The predicted octanol–water partition coefficient (Wildman–Crippen LogP) is 2.44. The molecule has 2 rings (SSSR count). The van der Waals surface area contributed by atoms with Crippen LogP contribution in [0.5, 0.6) is 11.5 Å². The van der Waals surface area contributed by atoms with Crippen LogP contribution in [0, 0.1) is 0 Å². The van der Waals surface area contributed by atoms with Crippen LogP contribution in [0.15, 0.2) is 47.6 Å². The lowest BCUT2D eigenvalue weighted by atomic mass is 10.1. The molecule has 0 aliphatic heterocycles. The van der Waals surface area contributed by atoms with Crippen LogP contribution in [0.25, 0.3) is 0 Å². The van der Waals surface area contributed by atoms with E-state index in [9.17, 15) is 9.90 Å². The zero-order valence-electron chi connectivity index (χ0n) is 11.0. The zero-order chi connectivity index (χ0) is 15.2. The molecule has 0 bridgehead atoms. The molecule has 0 aromatic heterocycles. The van der Waals surface area contributed by atoms with Crippen LogP contribution in [0.1, 0.15) is 11.1 Å². The first kappa shape index (κ1) is 14.9. The SMILES string of the molecule is O=C(Cc1ccc(Cl)cc1)N/N=C\c1ccc(O)c(O)c1. The average Bonchev–Trinajstić information content (AvgIpc) is 2.45. The normalized spacial score (nSPS) is 10.7. The summed E-state index contributed by atoms with van der Waals surface area (Å²) in [6.45, 7) is 0. The topological polar surface area (TPSA) is 81.9 Å². The second kappa shape index (κ2) is 6.76. The third-order valence-corrected chi connectivity index (χ3v) is 2.93. The summed E-state index contributed by atoms with van der Waals surface area (Å²) < 4.78 is 0. The molecule has 2 aromatic rings. The molecule has 1 amide bonds. The van der Waals surface area contributed by atoms with E-state index in [-0.39, 0.29) is 23.8 Å². The number of nitrogens with zero attached hydrogens (tertiary/aromatic N) is 1. The number of hydrogen-bond donors (Lipinski definition) is 3. The highest BCUT2D eigenvalue weighted by Crippen LogP contribution is 2.23. The van der Waals surface area contributed by atoms with E-state index in [2.05, 4.69) is 10.5 Å². The van der Waals surface area contributed by atoms with Crippen molar-refractivity contribution in [2.24, 2.45) is 5.10 Å². The van der Waals surface area contributed by atoms with E-state index in [4.69, 9.17) is 16.7 Å². The Labute approximate surface area is 126 Å². The minimum Gasteiger partial charge on any atom is -0.504 e. The summed E-state index contributed by atoms with van der Waals surface area (Å²) in [6.07, 6.45) is 1.56. The molecule has 3 N–H and O–H groups in total. The summed E-state index contributed by atoms with van der Waals surface area (Å²) in [4.78, 5) is 11.7. The second-order valence-corrected chi connectivity index (χ2v) is 4.78. The van der Waals surface area contributed by atoms with Crippen molar-refractivity contribution in [2.45, 2.75) is 6.42 Å². The Morgan fingerprint density at radius 3 is 2.52 bits per heavy atom. The number of phenolic OH excluding ortho intramolecular Hbond substituents is 2. The van der Waals surface area contributed by atoms with Crippen molar-refractivity contribution in [1.82, 2.24) is 5.43 Å². The number of benzene rings is 2. The van der Waals surface area contributed by atoms with Crippen LogP contribution in [0.4, 0.5) is 0 Å². The number of nitrogens with one attached hydrogen (secondary N) is 1. The van der Waals surface area contributed by atoms with E-state index in [1.807, 2.05) is 0 Å². The van der Waals surface area contributed by atoms with Crippen molar-refractivity contribution in [1.29, 1.82) is 0 Å². The summed E-state index contributed by atoms with van der Waals surface area (Å²) in [5, 5.41) is 22.9. The fourth-order valence-electron chi connectivity index (χ4n) is 1.63. The lowest BCUT2D eigenvalue weighted by Crippen LogP contribution is -2.19. The summed E-state index contributed by atoms with van der Waals surface area (Å²) in [7, 11) is 0. The Morgan fingerprint density at radius 2 is 1.86 bits per heavy atom. The van der Waals surface area contributed by atoms with Crippen LogP contribution < -0.4 is 5.43 Å². The number of aromatic hydroxyl groups is 2. The fraction of sp³-hybridized carbons (Fsp3) is 0.0667. The third-order valence-electron chi connectivity index (χ3n) is 2.68. The van der Waals surface area contributed by atoms with Gasteiger partial charge in [-0.05, 0) is 41.5 Å². The molecule has 0 saturated heterocycles. The summed E-state index contributed by atoms with van der Waals surface area (Å²) >= 11 is 5.76. The molecule has 0 radical (unpaired) electrons. The van der Waals surface area contributed by atoms with Gasteiger partial charge in [-0.3, -0.25) is 4.79 Å². The minimum atomic E-state index is -0.267. The highest BCUT2D eigenvalue weighted by molar-refractivity contribution is 6.30. The first-order valence-corrected chi connectivity index (χ1v) is 6.51. The number of phenols is 2. The van der Waals surface area contributed by atoms with Crippen molar-refractivity contribution >= 4 is 23.7 Å². The zero-order valence-corrected chi connectivity index (χ0v) is 11.7. The number of amides is 1. The molecule has 0 aliphatic carbocycles. The van der Waals surface area contributed by atoms with Gasteiger partial charge >= 0.3 is 0 Å². The molecular formula is C15H13ClN2O3. The second-order valence-electron chi connectivity index (χ2n) is 4.34. The van der Waals surface area contributed by atoms with Gasteiger partial charge in [-0.2, -0.15) is 5.10 Å². The Bertz CT molecular complexity index is 669. The van der Waals surface area contributed by atoms with Crippen molar-refractivity contribution in [2.75, 3.05) is 0 Å². The molecule has 6 heteroatoms. The number of rotatable bonds is 4. The number of carbonyl (C=O) groups excluding carboxylic acids is 1. The Balaban J connectivity index is 1.89. The maximum absolute atomic E-state index is 11.7. The van der Waals surface area contributed by atoms with Crippen molar-refractivity contribution in [3.8, 4) is 11.5 Å². The lowest BCUT2D eigenvalue weighted by Gasteiger charge is -2.01. The lowest BCUT2D eigenvalue weighted by molar-refractivity contribution is -0.120. The molecule has 0 atom stereocenters. The summed E-state index contributed by atoms with van der Waals surface area (Å²) in [6, 6.07) is 11.2. The maximum Gasteiger partial charge on any atom is 0.244 e. The van der Waals surface area contributed by atoms with E-state index in [1.54, 1.807) is 30.3 Å². The Morgan fingerprint density at radius 1 is 1.14 bits per heavy atom. The largest absolute Gasteiger partial charge is 0.504 e. The van der Waals surface area contributed by atoms with Gasteiger partial charge in [0, 0.05) is 5.02 Å². The summed E-state index contributed by atoms with van der Waals surface area (Å²) in [5.74, 6) is -0.720. The fourth-order valence-corrected chi connectivity index (χ4v) is 1.75. The molecule has 0 heterocycles. The highest BCUT2D eigenvalue weighted by atomic mass is 35.5. The molecule has 0 spiro atoms. The van der Waals surface area contributed by atoms with Crippen molar-refractivity contribution in [3.63, 3.8) is 0 Å². The first-order valence-electron chi connectivity index (χ1n) is 6.13. The van der Waals surface area contributed by atoms with Crippen molar-refractivity contribution in [3.05, 3.63) is 58.6 Å². The van der Waals surface area contributed by atoms with Crippen LogP contribution in [-0.2, 0) is 11.2 Å². The van der Waals surface area contributed by atoms with Gasteiger partial charge in [0.1, 0.15) is 0 Å². The molecule has 0 aliphatic rings. The van der Waals surface area contributed by atoms with E-state index in [0.717, 1.165) is 5.56 Å². The van der Waals surface area contributed by atoms with E-state index < -0.39 is 0 Å². The standard InChI is InChI=1S/C15H13ClN2O3/c16-12-4-1-10(2-5-12)8-15(21)18-17-9-11-3-6-13(19)14(20)7-11/h1-7,9,19-20H,8H2,(H,18,21)/b17-9-. The van der Waals surface area contributed by atoms with Gasteiger partial charge in [0.2, 0.25) is 5.91 Å². The van der Waals surface area contributed by atoms with Gasteiger partial charge in [-0.25, -0.2) is 5.43 Å². The molecular weight excluding hydrogens is 292 g/mol. The summed E-state index contributed by atoms with van der Waals surface area (Å²) in [5.41, 5.74) is 3.76. The van der Waals surface area contributed by atoms with E-state index in [1.165, 1.54) is 18.3 Å². The van der Waals surface area contributed by atoms with Crippen LogP contribution in [0.2, 0.25) is 5.02 Å². The van der Waals surface area contributed by atoms with Crippen molar-refractivity contribution < 1.29 is 15.0 Å². The number of hydrogen-bond acceptors (Lipinski definition) is 4. The van der Waals surface area contributed by atoms with Gasteiger partial charge < -0.3 is 10.2 Å². The van der Waals surface area contributed by atoms with Crippen LogP contribution in [0.3, 0.4) is 0 Å². The highest BCUT2D eigenvalue weighted by Gasteiger charge is 2.02. The Hall–Kier alpha value is -2.53. The monoisotopic (exact) mass is 304 g/mol. The van der Waals surface area contributed by atoms with Crippen LogP contribution >= 0.6 is 11.6 Å². The number of carbonyl (C=O) groups is 1. The Kier molecular flexibility index (Phi) is 4.79. The average molecular weight is 305 g/mol. The van der Waals surface area contributed by atoms with E-state index in [0.29, 0.717) is 10.6 Å². The smallest absolute Gasteiger partial charge is 0.244 e. The molecule has 108 valence electrons. The quantitative estimate of drug-likeness (QED) is 0.461. The molecule has 2 aromatic carbocycles. The van der Waals surface area contributed by atoms with Gasteiger partial charge in [-0.1, -0.05) is 23.7 Å². The molecule has 5 nitrogen and oxygen atoms in total. The minimum absolute atomic E-state index is 0.190. The number of hydrazone groups is 1. The third kappa shape index (κ3) is 4.50. The van der Waals surface area contributed by atoms with Gasteiger partial charge in [-0.15, -0.1) is 0 Å². The molecule has 21 heavy (non-hydrogen) atoms. The van der Waals surface area contributed by atoms with Gasteiger partial charge in [0.05, 0.1) is 12.6 Å². The molecule has 0 unspecified atom stereocenters. The maximum atomic E-state index is 11.7. The predicted molar refractivity (Wildman–Crippen MR) is 80.7 cm³/mol. The van der Waals surface area contributed by atoms with Gasteiger partial charge in [0.25, 0.3) is 0 Å². The first-order chi connectivity index (χ1) is 10.0. The number of halogens is 1. The molecule has 0 fully saturated rings.